The Hall–Kier alpha value is -2.85. The fourth-order valence-electron chi connectivity index (χ4n) is 2.14. The van der Waals surface area contributed by atoms with Gasteiger partial charge in [0.1, 0.15) is 10.8 Å². The normalized spacial score (nSPS) is 10.5. The molecule has 10 heteroatoms. The number of anilines is 1. The van der Waals surface area contributed by atoms with E-state index in [0.717, 1.165) is 16.9 Å². The van der Waals surface area contributed by atoms with Crippen LogP contribution in [0.3, 0.4) is 0 Å². The molecule has 0 aliphatic carbocycles. The molecule has 1 aromatic carbocycles. The van der Waals surface area contributed by atoms with E-state index in [-0.39, 0.29) is 16.7 Å². The molecule has 0 radical (unpaired) electrons. The maximum Gasteiger partial charge on any atom is 0.286 e. The van der Waals surface area contributed by atoms with Crippen molar-refractivity contribution < 1.29 is 14.0 Å². The molecule has 2 N–H and O–H groups in total. The summed E-state index contributed by atoms with van der Waals surface area (Å²) in [6.45, 7) is 0.427. The third-order valence-electron chi connectivity index (χ3n) is 3.41. The maximum absolute atomic E-state index is 13.2. The second-order valence-corrected chi connectivity index (χ2v) is 7.64. The SMILES string of the molecule is O=C(CSCc1nnc(C(=O)Nc2cccc(F)c2)s1)NCc1cccnc1. The van der Waals surface area contributed by atoms with Crippen LogP contribution >= 0.6 is 23.1 Å². The number of carbonyl (C=O) groups is 2. The summed E-state index contributed by atoms with van der Waals surface area (Å²) in [4.78, 5) is 28.0. The van der Waals surface area contributed by atoms with Gasteiger partial charge in [-0.3, -0.25) is 14.6 Å². The summed E-state index contributed by atoms with van der Waals surface area (Å²) >= 11 is 2.52. The third-order valence-corrected chi connectivity index (χ3v) is 5.46. The van der Waals surface area contributed by atoms with Crippen LogP contribution in [0, 0.1) is 5.82 Å². The van der Waals surface area contributed by atoms with Crippen LogP contribution in [-0.2, 0) is 17.1 Å². The van der Waals surface area contributed by atoms with Gasteiger partial charge >= 0.3 is 0 Å². The first-order valence-electron chi connectivity index (χ1n) is 8.23. The molecule has 0 spiro atoms. The zero-order valence-corrected chi connectivity index (χ0v) is 16.2. The van der Waals surface area contributed by atoms with Gasteiger partial charge < -0.3 is 10.6 Å². The van der Waals surface area contributed by atoms with E-state index >= 15 is 0 Å². The van der Waals surface area contributed by atoms with Gasteiger partial charge in [0.25, 0.3) is 5.91 Å². The van der Waals surface area contributed by atoms with Gasteiger partial charge in [0.15, 0.2) is 0 Å². The summed E-state index contributed by atoms with van der Waals surface area (Å²) in [5.74, 6) is -0.249. The van der Waals surface area contributed by atoms with Crippen molar-refractivity contribution in [2.24, 2.45) is 0 Å². The minimum Gasteiger partial charge on any atom is -0.351 e. The predicted molar refractivity (Wildman–Crippen MR) is 107 cm³/mol. The van der Waals surface area contributed by atoms with Crippen LogP contribution in [0.2, 0.25) is 0 Å². The molecule has 0 aliphatic heterocycles. The first-order valence-corrected chi connectivity index (χ1v) is 10.2. The number of nitrogens with one attached hydrogen (secondary N) is 2. The number of carbonyl (C=O) groups excluding carboxylic acids is 2. The van der Waals surface area contributed by atoms with Gasteiger partial charge in [0, 0.05) is 30.4 Å². The summed E-state index contributed by atoms with van der Waals surface area (Å²) in [5.41, 5.74) is 1.28. The number of halogens is 1. The number of nitrogens with zero attached hydrogens (tertiary/aromatic N) is 3. The monoisotopic (exact) mass is 417 g/mol. The van der Waals surface area contributed by atoms with Crippen molar-refractivity contribution in [1.82, 2.24) is 20.5 Å². The Morgan fingerprint density at radius 3 is 2.86 bits per heavy atom. The average molecular weight is 417 g/mol. The standard InChI is InChI=1S/C18H16FN5O2S2/c19-13-4-1-5-14(7-13)22-17(26)18-24-23-16(28-18)11-27-10-15(25)21-9-12-3-2-6-20-8-12/h1-8H,9-11H2,(H,21,25)(H,22,26). The molecule has 2 heterocycles. The molecule has 0 fully saturated rings. The lowest BCUT2D eigenvalue weighted by molar-refractivity contribution is -0.118. The highest BCUT2D eigenvalue weighted by Crippen LogP contribution is 2.18. The summed E-state index contributed by atoms with van der Waals surface area (Å²) in [6, 6.07) is 9.31. The molecule has 2 aromatic heterocycles. The smallest absolute Gasteiger partial charge is 0.286 e. The molecule has 0 saturated carbocycles. The molecule has 28 heavy (non-hydrogen) atoms. The number of aromatic nitrogens is 3. The summed E-state index contributed by atoms with van der Waals surface area (Å²) in [6.07, 6.45) is 3.38. The lowest BCUT2D eigenvalue weighted by Crippen LogP contribution is -2.24. The van der Waals surface area contributed by atoms with Crippen LogP contribution in [0.1, 0.15) is 20.4 Å². The number of amides is 2. The molecule has 0 bridgehead atoms. The van der Waals surface area contributed by atoms with Gasteiger partial charge in [-0.05, 0) is 29.8 Å². The van der Waals surface area contributed by atoms with Crippen molar-refractivity contribution in [3.63, 3.8) is 0 Å². The fourth-order valence-corrected chi connectivity index (χ4v) is 3.78. The lowest BCUT2D eigenvalue weighted by Gasteiger charge is -2.04. The fraction of sp³-hybridized carbons (Fsp3) is 0.167. The Balaban J connectivity index is 1.41. The molecular weight excluding hydrogens is 401 g/mol. The van der Waals surface area contributed by atoms with Crippen LogP contribution in [-0.4, -0.2) is 32.7 Å². The van der Waals surface area contributed by atoms with Crippen molar-refractivity contribution in [2.75, 3.05) is 11.1 Å². The van der Waals surface area contributed by atoms with E-state index in [9.17, 15) is 14.0 Å². The van der Waals surface area contributed by atoms with Gasteiger partial charge in [-0.2, -0.15) is 0 Å². The number of hydrogen-bond acceptors (Lipinski definition) is 7. The highest BCUT2D eigenvalue weighted by Gasteiger charge is 2.14. The van der Waals surface area contributed by atoms with E-state index in [4.69, 9.17) is 0 Å². The van der Waals surface area contributed by atoms with Gasteiger partial charge in [0.2, 0.25) is 10.9 Å². The van der Waals surface area contributed by atoms with Gasteiger partial charge in [-0.25, -0.2) is 4.39 Å². The van der Waals surface area contributed by atoms with E-state index in [1.807, 2.05) is 12.1 Å². The number of hydrogen-bond donors (Lipinski definition) is 2. The minimum absolute atomic E-state index is 0.0950. The topological polar surface area (TPSA) is 96.9 Å². The molecule has 144 valence electrons. The van der Waals surface area contributed by atoms with Crippen LogP contribution in [0.25, 0.3) is 0 Å². The molecule has 2 amide bonds. The molecule has 0 atom stereocenters. The molecule has 3 aromatic rings. The van der Waals surface area contributed by atoms with Crippen molar-refractivity contribution in [3.8, 4) is 0 Å². The quantitative estimate of drug-likeness (QED) is 0.585. The maximum atomic E-state index is 13.2. The lowest BCUT2D eigenvalue weighted by atomic mass is 10.3. The molecule has 3 rings (SSSR count). The Labute approximate surface area is 168 Å². The second kappa shape index (κ2) is 9.90. The highest BCUT2D eigenvalue weighted by molar-refractivity contribution is 7.99. The van der Waals surface area contributed by atoms with Crippen molar-refractivity contribution in [2.45, 2.75) is 12.3 Å². The molecular formula is C18H16FN5O2S2. The van der Waals surface area contributed by atoms with E-state index < -0.39 is 11.7 Å². The Morgan fingerprint density at radius 2 is 2.07 bits per heavy atom. The van der Waals surface area contributed by atoms with Crippen LogP contribution in [0.5, 0.6) is 0 Å². The predicted octanol–water partition coefficient (Wildman–Crippen LogP) is 2.87. The zero-order chi connectivity index (χ0) is 19.8. The van der Waals surface area contributed by atoms with Gasteiger partial charge in [0.05, 0.1) is 5.75 Å². The largest absolute Gasteiger partial charge is 0.351 e. The Bertz CT molecular complexity index is 952. The molecule has 7 nitrogen and oxygen atoms in total. The van der Waals surface area contributed by atoms with Gasteiger partial charge in [-0.15, -0.1) is 22.0 Å². The number of thioether (sulfide) groups is 1. The number of benzene rings is 1. The summed E-state index contributed by atoms with van der Waals surface area (Å²) in [5, 5.41) is 14.0. The van der Waals surface area contributed by atoms with Crippen LogP contribution in [0.15, 0.2) is 48.8 Å². The summed E-state index contributed by atoms with van der Waals surface area (Å²) < 4.78 is 13.2. The molecule has 0 saturated heterocycles. The average Bonchev–Trinajstić information content (AvgIpc) is 3.16. The third kappa shape index (κ3) is 6.10. The van der Waals surface area contributed by atoms with Gasteiger partial charge in [-0.1, -0.05) is 23.5 Å². The number of pyridine rings is 1. The van der Waals surface area contributed by atoms with E-state index in [2.05, 4.69) is 25.8 Å². The Morgan fingerprint density at radius 1 is 1.18 bits per heavy atom. The first kappa shape index (κ1) is 19.9. The van der Waals surface area contributed by atoms with E-state index in [1.54, 1.807) is 18.5 Å². The van der Waals surface area contributed by atoms with E-state index in [1.165, 1.54) is 30.0 Å². The zero-order valence-electron chi connectivity index (χ0n) is 14.6. The first-order chi connectivity index (χ1) is 13.6. The van der Waals surface area contributed by atoms with E-state index in [0.29, 0.717) is 23.0 Å². The molecule has 0 aliphatic rings. The second-order valence-electron chi connectivity index (χ2n) is 5.60. The van der Waals surface area contributed by atoms with Crippen LogP contribution in [0.4, 0.5) is 10.1 Å². The minimum atomic E-state index is -0.450. The molecule has 0 unspecified atom stereocenters. The number of rotatable bonds is 8. The van der Waals surface area contributed by atoms with Crippen molar-refractivity contribution in [1.29, 1.82) is 0 Å². The van der Waals surface area contributed by atoms with Crippen molar-refractivity contribution in [3.05, 3.63) is 70.2 Å². The van der Waals surface area contributed by atoms with Crippen LogP contribution < -0.4 is 10.6 Å². The highest BCUT2D eigenvalue weighted by atomic mass is 32.2. The van der Waals surface area contributed by atoms with Crippen molar-refractivity contribution >= 4 is 40.6 Å². The summed E-state index contributed by atoms with van der Waals surface area (Å²) in [7, 11) is 0. The Kier molecular flexibility index (Phi) is 7.04.